The SMILES string of the molecule is C[C@]12CCC3(CC1=CC[C@H]1[C@@H]4O[C@@H]4/C(=N/N4[C@@H](c5ccccc5)[C@@H]4c4ccccc4)C[C@@H]12)OCCO3. The molecule has 0 aromatic heterocycles. The molecule has 3 heterocycles. The summed E-state index contributed by atoms with van der Waals surface area (Å²) < 4.78 is 18.6. The summed E-state index contributed by atoms with van der Waals surface area (Å²) in [5.74, 6) is 0.809. The fourth-order valence-corrected chi connectivity index (χ4v) is 7.94. The number of benzene rings is 2. The van der Waals surface area contributed by atoms with Gasteiger partial charge in [-0.1, -0.05) is 79.2 Å². The van der Waals surface area contributed by atoms with Gasteiger partial charge in [-0.15, -0.1) is 0 Å². The molecule has 6 aliphatic rings. The Hall–Kier alpha value is -2.47. The van der Waals surface area contributed by atoms with E-state index < -0.39 is 0 Å². The van der Waals surface area contributed by atoms with Crippen LogP contribution < -0.4 is 0 Å². The molecule has 2 aromatic carbocycles. The van der Waals surface area contributed by atoms with E-state index in [9.17, 15) is 0 Å². The zero-order valence-corrected chi connectivity index (χ0v) is 20.9. The van der Waals surface area contributed by atoms with Crippen LogP contribution in [0.1, 0.15) is 62.2 Å². The van der Waals surface area contributed by atoms with E-state index in [4.69, 9.17) is 19.3 Å². The number of rotatable bonds is 3. The fourth-order valence-electron chi connectivity index (χ4n) is 7.94. The molecule has 5 nitrogen and oxygen atoms in total. The van der Waals surface area contributed by atoms with Crippen LogP contribution in [0.5, 0.6) is 0 Å². The number of epoxide rings is 1. The zero-order valence-electron chi connectivity index (χ0n) is 20.9. The molecule has 0 N–H and O–H groups in total. The highest BCUT2D eigenvalue weighted by atomic mass is 16.7. The highest BCUT2D eigenvalue weighted by Crippen LogP contribution is 2.62. The zero-order chi connectivity index (χ0) is 23.9. The van der Waals surface area contributed by atoms with Gasteiger partial charge in [0.05, 0.1) is 37.1 Å². The first kappa shape index (κ1) is 21.6. The monoisotopic (exact) mass is 482 g/mol. The molecule has 2 saturated carbocycles. The summed E-state index contributed by atoms with van der Waals surface area (Å²) in [6.45, 7) is 3.95. The smallest absolute Gasteiger partial charge is 0.172 e. The van der Waals surface area contributed by atoms with Crippen molar-refractivity contribution in [3.8, 4) is 0 Å². The molecule has 2 aromatic rings. The standard InChI is InChI=1S/C31H34N2O3/c1-30-14-15-31(34-16-17-35-31)19-22(30)12-13-23-24(30)18-25(29-28(23)36-29)32-33-26(20-8-4-2-5-9-20)27(33)21-10-6-3-7-11-21/h2-12,23-24,26-29H,13-19H2,1H3/b32-25+/t23-,24+,26+,27+,28+,29-,30+/m1/s1. The Morgan fingerprint density at radius 2 is 1.56 bits per heavy atom. The van der Waals surface area contributed by atoms with Crippen LogP contribution in [0.15, 0.2) is 77.4 Å². The Morgan fingerprint density at radius 3 is 2.22 bits per heavy atom. The lowest BCUT2D eigenvalue weighted by Gasteiger charge is -2.53. The summed E-state index contributed by atoms with van der Waals surface area (Å²) in [6, 6.07) is 22.2. The first-order valence-electron chi connectivity index (χ1n) is 13.7. The van der Waals surface area contributed by atoms with Gasteiger partial charge in [0.1, 0.15) is 6.10 Å². The predicted octanol–water partition coefficient (Wildman–Crippen LogP) is 5.81. The van der Waals surface area contributed by atoms with Crippen LogP contribution in [0.3, 0.4) is 0 Å². The lowest BCUT2D eigenvalue weighted by atomic mass is 9.53. The molecule has 1 spiro atoms. The molecule has 3 aliphatic heterocycles. The molecular formula is C31H34N2O3. The van der Waals surface area contributed by atoms with Crippen molar-refractivity contribution < 1.29 is 14.2 Å². The van der Waals surface area contributed by atoms with Gasteiger partial charge in [0, 0.05) is 12.8 Å². The van der Waals surface area contributed by atoms with Crippen molar-refractivity contribution in [3.05, 3.63) is 83.4 Å². The summed E-state index contributed by atoms with van der Waals surface area (Å²) in [7, 11) is 0. The predicted molar refractivity (Wildman–Crippen MR) is 137 cm³/mol. The second kappa shape index (κ2) is 7.77. The summed E-state index contributed by atoms with van der Waals surface area (Å²) in [4.78, 5) is 0. The Kier molecular flexibility index (Phi) is 4.66. The van der Waals surface area contributed by atoms with E-state index in [-0.39, 0.29) is 17.3 Å². The van der Waals surface area contributed by atoms with Crippen LogP contribution >= 0.6 is 0 Å². The van der Waals surface area contributed by atoms with E-state index in [1.54, 1.807) is 5.57 Å². The van der Waals surface area contributed by atoms with Crippen molar-refractivity contribution in [2.24, 2.45) is 22.4 Å². The topological polar surface area (TPSA) is 46.4 Å². The first-order chi connectivity index (χ1) is 17.7. The maximum absolute atomic E-state index is 6.35. The van der Waals surface area contributed by atoms with Gasteiger partial charge < -0.3 is 14.2 Å². The van der Waals surface area contributed by atoms with Gasteiger partial charge in [-0.2, -0.15) is 5.10 Å². The average Bonchev–Trinajstić information content (AvgIpc) is 3.81. The second-order valence-electron chi connectivity index (χ2n) is 11.8. The second-order valence-corrected chi connectivity index (χ2v) is 11.8. The van der Waals surface area contributed by atoms with Gasteiger partial charge >= 0.3 is 0 Å². The number of fused-ring (bicyclic) bond motifs is 5. The molecular weight excluding hydrogens is 448 g/mol. The van der Waals surface area contributed by atoms with Gasteiger partial charge in [-0.3, -0.25) is 5.01 Å². The highest BCUT2D eigenvalue weighted by molar-refractivity contribution is 5.92. The molecule has 5 fully saturated rings. The molecule has 0 radical (unpaired) electrons. The quantitative estimate of drug-likeness (QED) is 0.409. The highest BCUT2D eigenvalue weighted by Gasteiger charge is 2.62. The van der Waals surface area contributed by atoms with E-state index >= 15 is 0 Å². The minimum Gasteiger partial charge on any atom is -0.363 e. The third kappa shape index (κ3) is 3.22. The Labute approximate surface area is 213 Å². The third-order valence-electron chi connectivity index (χ3n) is 10.0. The minimum atomic E-state index is -0.367. The molecule has 5 heteroatoms. The van der Waals surface area contributed by atoms with Crippen molar-refractivity contribution in [2.45, 2.75) is 69.1 Å². The summed E-state index contributed by atoms with van der Waals surface area (Å²) >= 11 is 0. The van der Waals surface area contributed by atoms with Gasteiger partial charge in [0.25, 0.3) is 0 Å². The van der Waals surface area contributed by atoms with Gasteiger partial charge in [0.15, 0.2) is 5.79 Å². The van der Waals surface area contributed by atoms with E-state index in [0.717, 1.165) is 45.3 Å². The molecule has 0 unspecified atom stereocenters. The van der Waals surface area contributed by atoms with E-state index in [2.05, 4.69) is 78.7 Å². The van der Waals surface area contributed by atoms with Gasteiger partial charge in [-0.05, 0) is 47.6 Å². The van der Waals surface area contributed by atoms with Crippen molar-refractivity contribution in [3.63, 3.8) is 0 Å². The van der Waals surface area contributed by atoms with E-state index in [1.165, 1.54) is 16.8 Å². The number of ether oxygens (including phenoxy) is 3. The molecule has 8 rings (SSSR count). The maximum Gasteiger partial charge on any atom is 0.172 e. The molecule has 36 heavy (non-hydrogen) atoms. The number of hydrazone groups is 1. The molecule has 186 valence electrons. The molecule has 0 bridgehead atoms. The molecule has 3 saturated heterocycles. The minimum absolute atomic E-state index is 0.178. The lowest BCUT2D eigenvalue weighted by molar-refractivity contribution is -0.181. The van der Waals surface area contributed by atoms with Crippen LogP contribution in [-0.2, 0) is 14.2 Å². The Bertz CT molecular complexity index is 1180. The summed E-state index contributed by atoms with van der Waals surface area (Å²) in [5.41, 5.74) is 5.66. The van der Waals surface area contributed by atoms with E-state index in [1.807, 2.05) is 0 Å². The summed E-state index contributed by atoms with van der Waals surface area (Å²) in [6.07, 6.45) is 8.22. The van der Waals surface area contributed by atoms with Gasteiger partial charge in [-0.25, -0.2) is 0 Å². The van der Waals surface area contributed by atoms with Crippen molar-refractivity contribution in [1.82, 2.24) is 5.01 Å². The largest absolute Gasteiger partial charge is 0.363 e. The van der Waals surface area contributed by atoms with Crippen molar-refractivity contribution >= 4 is 5.71 Å². The van der Waals surface area contributed by atoms with Crippen LogP contribution in [-0.4, -0.2) is 41.9 Å². The van der Waals surface area contributed by atoms with Crippen LogP contribution in [0.25, 0.3) is 0 Å². The van der Waals surface area contributed by atoms with Crippen molar-refractivity contribution in [2.75, 3.05) is 13.2 Å². The van der Waals surface area contributed by atoms with Crippen LogP contribution in [0.2, 0.25) is 0 Å². The first-order valence-corrected chi connectivity index (χ1v) is 13.7. The van der Waals surface area contributed by atoms with Crippen LogP contribution in [0.4, 0.5) is 0 Å². The summed E-state index contributed by atoms with van der Waals surface area (Å²) in [5, 5.41) is 7.70. The van der Waals surface area contributed by atoms with E-state index in [0.29, 0.717) is 30.0 Å². The molecule has 0 amide bonds. The number of allylic oxidation sites excluding steroid dienone is 1. The van der Waals surface area contributed by atoms with Crippen molar-refractivity contribution in [1.29, 1.82) is 0 Å². The number of nitrogens with zero attached hydrogens (tertiary/aromatic N) is 2. The normalized spacial score (nSPS) is 40.9. The maximum atomic E-state index is 6.35. The Balaban J connectivity index is 1.10. The third-order valence-corrected chi connectivity index (χ3v) is 10.0. The van der Waals surface area contributed by atoms with Gasteiger partial charge in [0.2, 0.25) is 0 Å². The number of hydrogen-bond donors (Lipinski definition) is 0. The number of hydrogen-bond acceptors (Lipinski definition) is 5. The average molecular weight is 483 g/mol. The lowest BCUT2D eigenvalue weighted by Crippen LogP contribution is -2.50. The fraction of sp³-hybridized carbons (Fsp3) is 0.516. The molecule has 7 atom stereocenters. The molecule has 3 aliphatic carbocycles. The Morgan fingerprint density at radius 1 is 0.889 bits per heavy atom. The van der Waals surface area contributed by atoms with Crippen LogP contribution in [0, 0.1) is 17.3 Å².